The molecule has 1 fully saturated rings. The van der Waals surface area contributed by atoms with Gasteiger partial charge in [-0.3, -0.25) is 0 Å². The highest BCUT2D eigenvalue weighted by atomic mass is 16.5. The van der Waals surface area contributed by atoms with Crippen molar-refractivity contribution in [3.05, 3.63) is 29.8 Å². The van der Waals surface area contributed by atoms with Gasteiger partial charge < -0.3 is 15.0 Å². The van der Waals surface area contributed by atoms with Crippen LogP contribution in [-0.2, 0) is 6.54 Å². The third kappa shape index (κ3) is 5.67. The molecule has 0 saturated carbocycles. The van der Waals surface area contributed by atoms with Gasteiger partial charge in [0.2, 0.25) is 0 Å². The third-order valence-electron chi connectivity index (χ3n) is 4.18. The Hall–Kier alpha value is -1.57. The van der Waals surface area contributed by atoms with Crippen LogP contribution in [0, 0.1) is 17.2 Å². The first-order valence-corrected chi connectivity index (χ1v) is 8.33. The molecule has 0 aliphatic carbocycles. The van der Waals surface area contributed by atoms with E-state index in [4.69, 9.17) is 10.00 Å². The van der Waals surface area contributed by atoms with Gasteiger partial charge in [-0.05, 0) is 56.1 Å². The molecular formula is C18H27N3O. The average molecular weight is 301 g/mol. The third-order valence-corrected chi connectivity index (χ3v) is 4.18. The van der Waals surface area contributed by atoms with Crippen molar-refractivity contribution in [2.45, 2.75) is 32.7 Å². The van der Waals surface area contributed by atoms with E-state index < -0.39 is 0 Å². The van der Waals surface area contributed by atoms with Gasteiger partial charge >= 0.3 is 0 Å². The highest BCUT2D eigenvalue weighted by Crippen LogP contribution is 2.16. The van der Waals surface area contributed by atoms with Crippen molar-refractivity contribution in [3.8, 4) is 11.8 Å². The lowest BCUT2D eigenvalue weighted by Gasteiger charge is -2.14. The number of hydrogen-bond acceptors (Lipinski definition) is 4. The van der Waals surface area contributed by atoms with Crippen LogP contribution in [0.2, 0.25) is 0 Å². The van der Waals surface area contributed by atoms with E-state index in [1.165, 1.54) is 31.6 Å². The topological polar surface area (TPSA) is 48.3 Å². The zero-order valence-corrected chi connectivity index (χ0v) is 13.6. The van der Waals surface area contributed by atoms with Crippen LogP contribution in [0.4, 0.5) is 0 Å². The summed E-state index contributed by atoms with van der Waals surface area (Å²) in [5.41, 5.74) is 1.25. The number of nitrogens with one attached hydrogen (secondary N) is 1. The maximum absolute atomic E-state index is 8.51. The molecule has 1 aliphatic rings. The van der Waals surface area contributed by atoms with Crippen LogP contribution in [0.3, 0.4) is 0 Å². The molecule has 1 aromatic rings. The highest BCUT2D eigenvalue weighted by molar-refractivity contribution is 5.28. The molecule has 0 spiro atoms. The van der Waals surface area contributed by atoms with Crippen LogP contribution in [0.1, 0.15) is 31.7 Å². The molecule has 1 N–H and O–H groups in total. The van der Waals surface area contributed by atoms with Crippen LogP contribution in [0.15, 0.2) is 24.3 Å². The zero-order valence-electron chi connectivity index (χ0n) is 13.6. The van der Waals surface area contributed by atoms with E-state index in [0.717, 1.165) is 31.2 Å². The average Bonchev–Trinajstić information content (AvgIpc) is 3.00. The molecule has 4 heteroatoms. The molecule has 4 nitrogen and oxygen atoms in total. The number of hydrogen-bond donors (Lipinski definition) is 1. The molecule has 1 saturated heterocycles. The lowest BCUT2D eigenvalue weighted by Crippen LogP contribution is -2.26. The monoisotopic (exact) mass is 301 g/mol. The molecule has 0 bridgehead atoms. The van der Waals surface area contributed by atoms with E-state index in [2.05, 4.69) is 35.3 Å². The first kappa shape index (κ1) is 16.8. The van der Waals surface area contributed by atoms with E-state index in [-0.39, 0.29) is 0 Å². The molecule has 1 atom stereocenters. The van der Waals surface area contributed by atoms with Gasteiger partial charge in [-0.15, -0.1) is 0 Å². The number of rotatable bonds is 9. The normalized spacial score (nSPS) is 18.3. The summed E-state index contributed by atoms with van der Waals surface area (Å²) in [6, 6.07) is 10.4. The van der Waals surface area contributed by atoms with Gasteiger partial charge in [-0.2, -0.15) is 5.26 Å². The molecule has 0 amide bonds. The van der Waals surface area contributed by atoms with Gasteiger partial charge in [0.15, 0.2) is 0 Å². The zero-order chi connectivity index (χ0) is 15.6. The minimum Gasteiger partial charge on any atom is -0.494 e. The second-order valence-electron chi connectivity index (χ2n) is 5.94. The summed E-state index contributed by atoms with van der Waals surface area (Å²) in [5, 5.41) is 12.1. The Balaban J connectivity index is 1.68. The quantitative estimate of drug-likeness (QED) is 0.713. The molecule has 1 heterocycles. The van der Waals surface area contributed by atoms with Crippen LogP contribution >= 0.6 is 0 Å². The molecule has 1 unspecified atom stereocenters. The van der Waals surface area contributed by atoms with E-state index >= 15 is 0 Å². The smallest absolute Gasteiger partial charge is 0.119 e. The van der Waals surface area contributed by atoms with Gasteiger partial charge in [0.05, 0.1) is 12.7 Å². The largest absolute Gasteiger partial charge is 0.494 e. The number of unbranched alkanes of at least 4 members (excludes halogenated alkanes) is 1. The second-order valence-corrected chi connectivity index (χ2v) is 5.94. The fraction of sp³-hybridized carbons (Fsp3) is 0.611. The predicted octanol–water partition coefficient (Wildman–Crippen LogP) is 2.80. The maximum atomic E-state index is 8.51. The van der Waals surface area contributed by atoms with Gasteiger partial charge in [-0.1, -0.05) is 19.1 Å². The summed E-state index contributed by atoms with van der Waals surface area (Å²) in [6.45, 7) is 8.46. The van der Waals surface area contributed by atoms with E-state index in [0.29, 0.717) is 13.0 Å². The fourth-order valence-corrected chi connectivity index (χ4v) is 2.87. The summed E-state index contributed by atoms with van der Waals surface area (Å²) in [4.78, 5) is 2.52. The van der Waals surface area contributed by atoms with Crippen molar-refractivity contribution in [2.24, 2.45) is 5.92 Å². The first-order valence-electron chi connectivity index (χ1n) is 8.33. The molecule has 22 heavy (non-hydrogen) atoms. The molecule has 1 aromatic carbocycles. The summed E-state index contributed by atoms with van der Waals surface area (Å²) >= 11 is 0. The number of likely N-dealkylation sites (tertiary alicyclic amines) is 1. The second kappa shape index (κ2) is 9.45. The Kier molecular flexibility index (Phi) is 7.21. The SMILES string of the molecule is CCN1CCC(CNCc2cccc(OCCCC#N)c2)C1. The van der Waals surface area contributed by atoms with Crippen molar-refractivity contribution in [1.29, 1.82) is 5.26 Å². The lowest BCUT2D eigenvalue weighted by molar-refractivity contribution is 0.312. The predicted molar refractivity (Wildman–Crippen MR) is 88.7 cm³/mol. The Morgan fingerprint density at radius 1 is 1.45 bits per heavy atom. The van der Waals surface area contributed by atoms with Crippen molar-refractivity contribution < 1.29 is 4.74 Å². The molecule has 0 aromatic heterocycles. The van der Waals surface area contributed by atoms with Crippen LogP contribution in [0.5, 0.6) is 5.75 Å². The van der Waals surface area contributed by atoms with Crippen LogP contribution < -0.4 is 10.1 Å². The Morgan fingerprint density at radius 3 is 3.14 bits per heavy atom. The standard InChI is InChI=1S/C18H27N3O/c1-2-21-10-8-17(15-21)14-20-13-16-6-5-7-18(12-16)22-11-4-3-9-19/h5-7,12,17,20H,2-4,8,10-11,13-15H2,1H3. The number of nitriles is 1. The summed E-state index contributed by atoms with van der Waals surface area (Å²) in [6.07, 6.45) is 2.65. The Bertz CT molecular complexity index is 483. The minimum atomic E-state index is 0.553. The van der Waals surface area contributed by atoms with Crippen molar-refractivity contribution in [3.63, 3.8) is 0 Å². The van der Waals surface area contributed by atoms with Crippen molar-refractivity contribution >= 4 is 0 Å². The fourth-order valence-electron chi connectivity index (χ4n) is 2.87. The highest BCUT2D eigenvalue weighted by Gasteiger charge is 2.20. The van der Waals surface area contributed by atoms with Crippen LogP contribution in [-0.4, -0.2) is 37.7 Å². The molecule has 2 rings (SSSR count). The Labute approximate surface area is 134 Å². The van der Waals surface area contributed by atoms with Gasteiger partial charge in [-0.25, -0.2) is 0 Å². The number of ether oxygens (including phenoxy) is 1. The molecular weight excluding hydrogens is 274 g/mol. The summed E-state index contributed by atoms with van der Waals surface area (Å²) in [5.74, 6) is 1.68. The van der Waals surface area contributed by atoms with Gasteiger partial charge in [0, 0.05) is 19.5 Å². The number of nitrogens with zero attached hydrogens (tertiary/aromatic N) is 2. The van der Waals surface area contributed by atoms with Crippen LogP contribution in [0.25, 0.3) is 0 Å². The Morgan fingerprint density at radius 2 is 2.36 bits per heavy atom. The molecule has 1 aliphatic heterocycles. The summed E-state index contributed by atoms with van der Waals surface area (Å²) < 4.78 is 5.67. The summed E-state index contributed by atoms with van der Waals surface area (Å²) in [7, 11) is 0. The van der Waals surface area contributed by atoms with Crippen molar-refractivity contribution in [1.82, 2.24) is 10.2 Å². The minimum absolute atomic E-state index is 0.553. The van der Waals surface area contributed by atoms with E-state index in [1.54, 1.807) is 0 Å². The van der Waals surface area contributed by atoms with E-state index in [9.17, 15) is 0 Å². The molecule has 120 valence electrons. The maximum Gasteiger partial charge on any atom is 0.119 e. The lowest BCUT2D eigenvalue weighted by atomic mass is 10.1. The molecule has 0 radical (unpaired) electrons. The number of benzene rings is 1. The van der Waals surface area contributed by atoms with E-state index in [1.807, 2.05) is 12.1 Å². The van der Waals surface area contributed by atoms with Gasteiger partial charge in [0.25, 0.3) is 0 Å². The van der Waals surface area contributed by atoms with Crippen molar-refractivity contribution in [2.75, 3.05) is 32.8 Å². The van der Waals surface area contributed by atoms with Gasteiger partial charge in [0.1, 0.15) is 5.75 Å². The first-order chi connectivity index (χ1) is 10.8.